The average Bonchev–Trinajstić information content (AvgIpc) is 3.45. The molecule has 0 aliphatic carbocycles. The van der Waals surface area contributed by atoms with Crippen molar-refractivity contribution in [2.24, 2.45) is 0 Å². The molecular weight excluding hydrogens is 494 g/mol. The number of hydrogen-bond acceptors (Lipinski definition) is 6. The van der Waals surface area contributed by atoms with E-state index in [4.69, 9.17) is 9.47 Å². The number of aliphatic hydroxyl groups excluding tert-OH is 1. The van der Waals surface area contributed by atoms with Crippen molar-refractivity contribution >= 4 is 34.4 Å². The first-order valence-corrected chi connectivity index (χ1v) is 12.7. The molecule has 1 saturated heterocycles. The second-order valence-electron chi connectivity index (χ2n) is 10.1. The van der Waals surface area contributed by atoms with Gasteiger partial charge in [0.05, 0.1) is 36.9 Å². The number of ether oxygens (including phenoxy) is 2. The molecule has 1 aliphatic rings. The lowest BCUT2D eigenvalue weighted by Crippen LogP contribution is -2.30. The fraction of sp³-hybridized carbons (Fsp3) is 0.258. The van der Waals surface area contributed by atoms with Gasteiger partial charge in [-0.25, -0.2) is 4.98 Å². The molecular formula is C31H31N3O5. The van der Waals surface area contributed by atoms with E-state index in [1.54, 1.807) is 56.7 Å². The van der Waals surface area contributed by atoms with Gasteiger partial charge in [0.2, 0.25) is 5.95 Å². The van der Waals surface area contributed by atoms with E-state index in [2.05, 4.69) is 9.97 Å². The molecule has 0 radical (unpaired) electrons. The van der Waals surface area contributed by atoms with Gasteiger partial charge < -0.3 is 19.6 Å². The van der Waals surface area contributed by atoms with Gasteiger partial charge in [-0.1, -0.05) is 26.0 Å². The molecule has 39 heavy (non-hydrogen) atoms. The van der Waals surface area contributed by atoms with Crippen LogP contribution in [0.5, 0.6) is 11.5 Å². The van der Waals surface area contributed by atoms with Crippen LogP contribution < -0.4 is 14.4 Å². The number of hydrogen-bond donors (Lipinski definition) is 2. The Morgan fingerprint density at radius 3 is 2.31 bits per heavy atom. The van der Waals surface area contributed by atoms with Crippen molar-refractivity contribution in [3.05, 3.63) is 88.0 Å². The van der Waals surface area contributed by atoms with Crippen LogP contribution in [0, 0.1) is 13.8 Å². The Bertz CT molecular complexity index is 1590. The van der Waals surface area contributed by atoms with Gasteiger partial charge in [-0.15, -0.1) is 0 Å². The van der Waals surface area contributed by atoms with Crippen LogP contribution in [-0.4, -0.2) is 41.0 Å². The number of H-pyrrole nitrogens is 1. The second kappa shape index (κ2) is 9.94. The van der Waals surface area contributed by atoms with Crippen LogP contribution >= 0.6 is 0 Å². The molecule has 1 atom stereocenters. The molecule has 8 heteroatoms. The Morgan fingerprint density at radius 1 is 0.974 bits per heavy atom. The molecule has 2 N–H and O–H groups in total. The summed E-state index contributed by atoms with van der Waals surface area (Å²) in [5, 5.41) is 11.6. The summed E-state index contributed by atoms with van der Waals surface area (Å²) in [7, 11) is 3.15. The fourth-order valence-corrected chi connectivity index (χ4v) is 5.01. The molecule has 3 aromatic carbocycles. The number of carbonyl (C=O) groups is 2. The Hall–Kier alpha value is -4.59. The van der Waals surface area contributed by atoms with Crippen molar-refractivity contribution < 1.29 is 24.2 Å². The first-order valence-electron chi connectivity index (χ1n) is 12.7. The Labute approximate surface area is 226 Å². The highest BCUT2D eigenvalue weighted by Crippen LogP contribution is 2.43. The minimum Gasteiger partial charge on any atom is -0.507 e. The standard InChI is InChI=1S/C31H31N3O5/c1-16(2)22-15-20(9-12-25(22)39-6)28(35)26-27(19-7-10-21(38-5)11-8-19)34(30(37)29(26)36)31-32-23-13-17(3)18(4)14-24(23)33-31/h7-16,27,35H,1-6H3,(H,32,33)/b28-26+. The highest BCUT2D eigenvalue weighted by atomic mass is 16.5. The third-order valence-electron chi connectivity index (χ3n) is 7.31. The van der Waals surface area contributed by atoms with E-state index in [1.165, 1.54) is 4.90 Å². The number of anilines is 1. The minimum atomic E-state index is -0.914. The molecule has 200 valence electrons. The summed E-state index contributed by atoms with van der Waals surface area (Å²) in [4.78, 5) is 36.4. The van der Waals surface area contributed by atoms with Gasteiger partial charge in [0.25, 0.3) is 5.78 Å². The van der Waals surface area contributed by atoms with Crippen LogP contribution in [0.4, 0.5) is 5.95 Å². The van der Waals surface area contributed by atoms with Crippen molar-refractivity contribution in [3.8, 4) is 11.5 Å². The van der Waals surface area contributed by atoms with E-state index in [0.717, 1.165) is 22.2 Å². The highest BCUT2D eigenvalue weighted by Gasteiger charge is 2.48. The number of rotatable bonds is 6. The lowest BCUT2D eigenvalue weighted by atomic mass is 9.93. The van der Waals surface area contributed by atoms with Gasteiger partial charge >= 0.3 is 5.91 Å². The molecule has 4 aromatic rings. The number of carbonyl (C=O) groups excluding carboxylic acids is 2. The number of amides is 1. The molecule has 0 saturated carbocycles. The molecule has 1 unspecified atom stereocenters. The molecule has 1 aliphatic heterocycles. The lowest BCUT2D eigenvalue weighted by Gasteiger charge is -2.23. The number of aromatic amines is 1. The van der Waals surface area contributed by atoms with E-state index in [-0.39, 0.29) is 23.2 Å². The van der Waals surface area contributed by atoms with E-state index >= 15 is 0 Å². The summed E-state index contributed by atoms with van der Waals surface area (Å²) in [6.45, 7) is 8.03. The summed E-state index contributed by atoms with van der Waals surface area (Å²) >= 11 is 0. The van der Waals surface area contributed by atoms with Crippen molar-refractivity contribution in [1.29, 1.82) is 0 Å². The largest absolute Gasteiger partial charge is 0.507 e. The van der Waals surface area contributed by atoms with E-state index in [0.29, 0.717) is 28.1 Å². The smallest absolute Gasteiger partial charge is 0.302 e. The molecule has 1 aromatic heterocycles. The number of ketones is 1. The number of aromatic nitrogens is 2. The number of Topliss-reactive ketones (excluding diaryl/α,β-unsaturated/α-hetero) is 1. The quantitative estimate of drug-likeness (QED) is 0.183. The SMILES string of the molecule is COc1ccc(C2/C(=C(\O)c3ccc(OC)c(C(C)C)c3)C(=O)C(=O)N2c2nc3cc(C)c(C)cc3[nH]2)cc1. The Balaban J connectivity index is 1.72. The van der Waals surface area contributed by atoms with Crippen molar-refractivity contribution in [2.45, 2.75) is 39.7 Å². The number of methoxy groups -OCH3 is 2. The summed E-state index contributed by atoms with van der Waals surface area (Å²) in [6, 6.07) is 15.3. The number of benzene rings is 3. The molecule has 2 heterocycles. The number of aliphatic hydroxyl groups is 1. The van der Waals surface area contributed by atoms with Crippen LogP contribution in [0.15, 0.2) is 60.2 Å². The maximum atomic E-state index is 13.6. The van der Waals surface area contributed by atoms with Crippen LogP contribution in [0.25, 0.3) is 16.8 Å². The van der Waals surface area contributed by atoms with Crippen molar-refractivity contribution in [1.82, 2.24) is 9.97 Å². The molecule has 0 spiro atoms. The average molecular weight is 526 g/mol. The highest BCUT2D eigenvalue weighted by molar-refractivity contribution is 6.51. The first-order chi connectivity index (χ1) is 18.6. The van der Waals surface area contributed by atoms with Crippen LogP contribution in [0.1, 0.15) is 53.6 Å². The third-order valence-corrected chi connectivity index (χ3v) is 7.31. The zero-order chi connectivity index (χ0) is 28.0. The predicted octanol–water partition coefficient (Wildman–Crippen LogP) is 5.95. The van der Waals surface area contributed by atoms with Gasteiger partial charge in [-0.05, 0) is 84.5 Å². The Morgan fingerprint density at radius 2 is 1.67 bits per heavy atom. The van der Waals surface area contributed by atoms with Crippen molar-refractivity contribution in [2.75, 3.05) is 19.1 Å². The zero-order valence-electron chi connectivity index (χ0n) is 22.8. The monoisotopic (exact) mass is 525 g/mol. The topological polar surface area (TPSA) is 105 Å². The minimum absolute atomic E-state index is 0.0159. The van der Waals surface area contributed by atoms with Gasteiger partial charge in [0.15, 0.2) is 0 Å². The maximum absolute atomic E-state index is 13.6. The van der Waals surface area contributed by atoms with Gasteiger partial charge in [0, 0.05) is 5.56 Å². The summed E-state index contributed by atoms with van der Waals surface area (Å²) in [5.41, 5.74) is 5.48. The number of fused-ring (bicyclic) bond motifs is 1. The van der Waals surface area contributed by atoms with E-state index in [1.807, 2.05) is 39.8 Å². The molecule has 8 nitrogen and oxygen atoms in total. The molecule has 1 amide bonds. The summed E-state index contributed by atoms with van der Waals surface area (Å²) in [6.07, 6.45) is 0. The van der Waals surface area contributed by atoms with Gasteiger partial charge in [0.1, 0.15) is 17.3 Å². The number of nitrogens with one attached hydrogen (secondary N) is 1. The fourth-order valence-electron chi connectivity index (χ4n) is 5.01. The zero-order valence-corrected chi connectivity index (χ0v) is 22.8. The van der Waals surface area contributed by atoms with Crippen LogP contribution in [-0.2, 0) is 9.59 Å². The molecule has 1 fully saturated rings. The third kappa shape index (κ3) is 4.41. The maximum Gasteiger partial charge on any atom is 0.302 e. The van der Waals surface area contributed by atoms with Crippen molar-refractivity contribution in [3.63, 3.8) is 0 Å². The Kier molecular flexibility index (Phi) is 6.64. The summed E-state index contributed by atoms with van der Waals surface area (Å²) < 4.78 is 10.8. The van der Waals surface area contributed by atoms with Gasteiger partial charge in [-0.2, -0.15) is 0 Å². The number of imidazole rings is 1. The predicted molar refractivity (Wildman–Crippen MR) is 150 cm³/mol. The van der Waals surface area contributed by atoms with E-state index in [9.17, 15) is 14.7 Å². The van der Waals surface area contributed by atoms with E-state index < -0.39 is 17.7 Å². The number of nitrogens with zero attached hydrogens (tertiary/aromatic N) is 2. The van der Waals surface area contributed by atoms with Crippen LogP contribution in [0.2, 0.25) is 0 Å². The second-order valence-corrected chi connectivity index (χ2v) is 10.1. The van der Waals surface area contributed by atoms with Crippen LogP contribution in [0.3, 0.4) is 0 Å². The summed E-state index contributed by atoms with van der Waals surface area (Å²) in [5.74, 6) is -0.178. The lowest BCUT2D eigenvalue weighted by molar-refractivity contribution is -0.132. The first kappa shape index (κ1) is 26.0. The molecule has 0 bridgehead atoms. The van der Waals surface area contributed by atoms with Gasteiger partial charge in [-0.3, -0.25) is 14.5 Å². The molecule has 5 rings (SSSR count). The normalized spacial score (nSPS) is 16.9. The number of aryl methyl sites for hydroxylation is 2.